The van der Waals surface area contributed by atoms with Crippen LogP contribution in [0.15, 0.2) is 59.0 Å². The minimum atomic E-state index is -0.268. The number of nitrogens with one attached hydrogen (secondary N) is 1. The van der Waals surface area contributed by atoms with Gasteiger partial charge in [-0.25, -0.2) is 4.98 Å². The van der Waals surface area contributed by atoms with Gasteiger partial charge in [0.05, 0.1) is 25.2 Å². The molecule has 2 aromatic heterocycles. The molecule has 0 aliphatic rings. The molecule has 1 amide bonds. The smallest absolute Gasteiger partial charge is 0.254 e. The van der Waals surface area contributed by atoms with Gasteiger partial charge < -0.3 is 10.1 Å². The minimum Gasteiger partial charge on any atom is -0.494 e. The molecule has 1 aromatic carbocycles. The lowest BCUT2D eigenvalue weighted by molar-refractivity contribution is -0.121. The van der Waals surface area contributed by atoms with Crippen LogP contribution in [0.25, 0.3) is 11.3 Å². The third kappa shape index (κ3) is 4.58. The van der Waals surface area contributed by atoms with E-state index in [9.17, 15) is 9.59 Å². The van der Waals surface area contributed by atoms with Crippen LogP contribution in [0.4, 0.5) is 0 Å². The summed E-state index contributed by atoms with van der Waals surface area (Å²) < 4.78 is 6.70. The maximum Gasteiger partial charge on any atom is 0.254 e. The van der Waals surface area contributed by atoms with Crippen molar-refractivity contribution >= 4 is 17.2 Å². The van der Waals surface area contributed by atoms with E-state index in [2.05, 4.69) is 10.3 Å². The summed E-state index contributed by atoms with van der Waals surface area (Å²) >= 11 is 1.57. The zero-order valence-corrected chi connectivity index (χ0v) is 15.2. The van der Waals surface area contributed by atoms with E-state index in [4.69, 9.17) is 4.74 Å². The van der Waals surface area contributed by atoms with Crippen LogP contribution in [0.3, 0.4) is 0 Å². The molecule has 2 heterocycles. The van der Waals surface area contributed by atoms with Crippen molar-refractivity contribution in [1.82, 2.24) is 14.9 Å². The highest BCUT2D eigenvalue weighted by atomic mass is 32.1. The van der Waals surface area contributed by atoms with Crippen LogP contribution >= 0.6 is 11.3 Å². The molecule has 0 saturated carbocycles. The normalized spacial score (nSPS) is 10.5. The minimum absolute atomic E-state index is 0.0548. The molecule has 1 N–H and O–H groups in total. The first-order chi connectivity index (χ1) is 12.7. The molecule has 134 valence electrons. The Morgan fingerprint density at radius 2 is 2.08 bits per heavy atom. The van der Waals surface area contributed by atoms with Gasteiger partial charge in [0.1, 0.15) is 12.3 Å². The fraction of sp³-hybridized carbons (Fsp3) is 0.211. The van der Waals surface area contributed by atoms with Gasteiger partial charge in [0.2, 0.25) is 5.91 Å². The molecule has 0 radical (unpaired) electrons. The maximum absolute atomic E-state index is 12.3. The number of hydrogen-bond acceptors (Lipinski definition) is 5. The first kappa shape index (κ1) is 17.9. The molecular weight excluding hydrogens is 350 g/mol. The van der Waals surface area contributed by atoms with Crippen LogP contribution in [0, 0.1) is 0 Å². The number of thiophene rings is 1. The lowest BCUT2D eigenvalue weighted by atomic mass is 10.1. The van der Waals surface area contributed by atoms with E-state index in [1.54, 1.807) is 11.3 Å². The first-order valence-electron chi connectivity index (χ1n) is 8.24. The lowest BCUT2D eigenvalue weighted by Gasteiger charge is -2.08. The number of benzene rings is 1. The van der Waals surface area contributed by atoms with Crippen LogP contribution in [0.5, 0.6) is 5.75 Å². The Balaban J connectivity index is 1.65. The molecule has 0 spiro atoms. The first-order valence-corrected chi connectivity index (χ1v) is 9.12. The highest BCUT2D eigenvalue weighted by molar-refractivity contribution is 7.09. The predicted octanol–water partition coefficient (Wildman–Crippen LogP) is 2.69. The number of carbonyl (C=O) groups is 1. The Morgan fingerprint density at radius 3 is 2.73 bits per heavy atom. The van der Waals surface area contributed by atoms with Gasteiger partial charge in [-0.1, -0.05) is 6.07 Å². The number of aromatic nitrogens is 2. The van der Waals surface area contributed by atoms with Gasteiger partial charge in [0.25, 0.3) is 5.56 Å². The van der Waals surface area contributed by atoms with E-state index in [0.717, 1.165) is 16.2 Å². The van der Waals surface area contributed by atoms with Gasteiger partial charge in [-0.2, -0.15) is 0 Å². The average Bonchev–Trinajstić information content (AvgIpc) is 3.16. The molecule has 3 aromatic rings. The molecular formula is C19H19N3O3S. The van der Waals surface area contributed by atoms with Crippen molar-refractivity contribution in [2.24, 2.45) is 0 Å². The van der Waals surface area contributed by atoms with Crippen molar-refractivity contribution < 1.29 is 9.53 Å². The standard InChI is InChI=1S/C19H19N3O3S/c1-2-25-15-7-5-14(6-8-15)17-10-19(24)22(13-21-17)12-18(23)20-11-16-4-3-9-26-16/h3-10,13H,2,11-12H2,1H3,(H,20,23). The highest BCUT2D eigenvalue weighted by Crippen LogP contribution is 2.19. The van der Waals surface area contributed by atoms with Gasteiger partial charge in [0, 0.05) is 16.5 Å². The number of nitrogens with zero attached hydrogens (tertiary/aromatic N) is 2. The molecule has 0 saturated heterocycles. The summed E-state index contributed by atoms with van der Waals surface area (Å²) in [6.45, 7) is 2.93. The van der Waals surface area contributed by atoms with Crippen LogP contribution in [-0.4, -0.2) is 22.1 Å². The van der Waals surface area contributed by atoms with E-state index in [1.165, 1.54) is 17.0 Å². The molecule has 6 nitrogen and oxygen atoms in total. The average molecular weight is 369 g/mol. The molecule has 7 heteroatoms. The second kappa shape index (κ2) is 8.44. The Morgan fingerprint density at radius 1 is 1.27 bits per heavy atom. The maximum atomic E-state index is 12.3. The monoisotopic (exact) mass is 369 g/mol. The van der Waals surface area contributed by atoms with Crippen molar-refractivity contribution in [3.63, 3.8) is 0 Å². The summed E-state index contributed by atoms with van der Waals surface area (Å²) in [5, 5.41) is 4.75. The number of amides is 1. The Hall–Kier alpha value is -2.93. The van der Waals surface area contributed by atoms with Crippen LogP contribution in [0.1, 0.15) is 11.8 Å². The highest BCUT2D eigenvalue weighted by Gasteiger charge is 2.07. The number of ether oxygens (including phenoxy) is 1. The van der Waals surface area contributed by atoms with Gasteiger partial charge in [-0.15, -0.1) is 11.3 Å². The zero-order chi connectivity index (χ0) is 18.4. The lowest BCUT2D eigenvalue weighted by Crippen LogP contribution is -2.31. The molecule has 3 rings (SSSR count). The van der Waals surface area contributed by atoms with Crippen molar-refractivity contribution in [3.8, 4) is 17.0 Å². The summed E-state index contributed by atoms with van der Waals surface area (Å²) in [7, 11) is 0. The van der Waals surface area contributed by atoms with Crippen molar-refractivity contribution in [2.45, 2.75) is 20.0 Å². The van der Waals surface area contributed by atoms with Gasteiger partial charge in [-0.05, 0) is 42.6 Å². The van der Waals surface area contributed by atoms with E-state index in [1.807, 2.05) is 48.7 Å². The van der Waals surface area contributed by atoms with Crippen LogP contribution < -0.4 is 15.6 Å². The third-order valence-corrected chi connectivity index (χ3v) is 4.57. The molecule has 0 bridgehead atoms. The topological polar surface area (TPSA) is 73.2 Å². The number of carbonyl (C=O) groups excluding carboxylic acids is 1. The Kier molecular flexibility index (Phi) is 5.80. The van der Waals surface area contributed by atoms with Crippen molar-refractivity contribution in [1.29, 1.82) is 0 Å². The van der Waals surface area contributed by atoms with E-state index >= 15 is 0 Å². The molecule has 0 fully saturated rings. The fourth-order valence-corrected chi connectivity index (χ4v) is 3.05. The summed E-state index contributed by atoms with van der Waals surface area (Å²) in [6, 6.07) is 12.7. The quantitative estimate of drug-likeness (QED) is 0.695. The largest absolute Gasteiger partial charge is 0.494 e. The van der Waals surface area contributed by atoms with Gasteiger partial charge >= 0.3 is 0 Å². The Labute approximate surface area is 155 Å². The zero-order valence-electron chi connectivity index (χ0n) is 14.3. The van der Waals surface area contributed by atoms with Crippen LogP contribution in [0.2, 0.25) is 0 Å². The third-order valence-electron chi connectivity index (χ3n) is 3.69. The molecule has 0 aliphatic heterocycles. The molecule has 0 unspecified atom stereocenters. The predicted molar refractivity (Wildman–Crippen MR) is 101 cm³/mol. The van der Waals surface area contributed by atoms with Gasteiger partial charge in [-0.3, -0.25) is 14.2 Å². The van der Waals surface area contributed by atoms with E-state index in [0.29, 0.717) is 18.8 Å². The summed E-state index contributed by atoms with van der Waals surface area (Å²) in [5.41, 5.74) is 1.11. The van der Waals surface area contributed by atoms with E-state index < -0.39 is 0 Å². The Bertz CT molecular complexity index is 918. The number of hydrogen-bond donors (Lipinski definition) is 1. The SMILES string of the molecule is CCOc1ccc(-c2cc(=O)n(CC(=O)NCc3cccs3)cn2)cc1. The number of rotatable bonds is 7. The molecule has 26 heavy (non-hydrogen) atoms. The summed E-state index contributed by atoms with van der Waals surface area (Å²) in [6.07, 6.45) is 1.40. The van der Waals surface area contributed by atoms with Gasteiger partial charge in [0.15, 0.2) is 0 Å². The fourth-order valence-electron chi connectivity index (χ4n) is 2.40. The summed E-state index contributed by atoms with van der Waals surface area (Å²) in [4.78, 5) is 29.6. The molecule has 0 aliphatic carbocycles. The van der Waals surface area contributed by atoms with Crippen molar-refractivity contribution in [2.75, 3.05) is 6.61 Å². The van der Waals surface area contributed by atoms with E-state index in [-0.39, 0.29) is 18.0 Å². The summed E-state index contributed by atoms with van der Waals surface area (Å²) in [5.74, 6) is 0.545. The second-order valence-corrected chi connectivity index (χ2v) is 6.59. The second-order valence-electron chi connectivity index (χ2n) is 5.55. The van der Waals surface area contributed by atoms with Crippen molar-refractivity contribution in [3.05, 3.63) is 69.4 Å². The molecule has 0 atom stereocenters. The van der Waals surface area contributed by atoms with Crippen LogP contribution in [-0.2, 0) is 17.9 Å².